The minimum absolute atomic E-state index is 0.0673. The van der Waals surface area contributed by atoms with Crippen molar-refractivity contribution in [2.24, 2.45) is 14.1 Å². The van der Waals surface area contributed by atoms with Crippen molar-refractivity contribution in [3.05, 3.63) is 55.8 Å². The first-order chi connectivity index (χ1) is 16.3. The lowest BCUT2D eigenvalue weighted by Crippen LogP contribution is -2.41. The van der Waals surface area contributed by atoms with E-state index in [1.807, 2.05) is 0 Å². The Bertz CT molecular complexity index is 1410. The quantitative estimate of drug-likeness (QED) is 0.327. The van der Waals surface area contributed by atoms with Crippen LogP contribution in [0.3, 0.4) is 0 Å². The number of nitrogen functional groups attached to an aromatic ring is 1. The van der Waals surface area contributed by atoms with Gasteiger partial charge in [0, 0.05) is 43.6 Å². The van der Waals surface area contributed by atoms with Gasteiger partial charge in [-0.15, -0.1) is 24.5 Å². The van der Waals surface area contributed by atoms with E-state index >= 15 is 0 Å². The van der Waals surface area contributed by atoms with Gasteiger partial charge in [-0.25, -0.2) is 14.2 Å². The van der Waals surface area contributed by atoms with Crippen molar-refractivity contribution in [1.82, 2.24) is 14.1 Å². The maximum Gasteiger partial charge on any atom is 0.573 e. The van der Waals surface area contributed by atoms with Crippen LogP contribution in [0.5, 0.6) is 5.75 Å². The highest BCUT2D eigenvalue weighted by molar-refractivity contribution is 7.14. The summed E-state index contributed by atoms with van der Waals surface area (Å²) in [7, 11) is 2.59. The SMILES string of the molecule is Cn1c(N)c(C(C=N)CC(=O)Nc2nc(-c3ccc(F)c(OC(F)(F)F)c3)cs2)c(=O)n(C)c1=O. The summed E-state index contributed by atoms with van der Waals surface area (Å²) in [5, 5.41) is 11.6. The van der Waals surface area contributed by atoms with Gasteiger partial charge in [-0.3, -0.25) is 18.7 Å². The van der Waals surface area contributed by atoms with Crippen LogP contribution in [0.15, 0.2) is 33.2 Å². The Hall–Kier alpha value is -4.01. The minimum atomic E-state index is -5.08. The average Bonchev–Trinajstić information content (AvgIpc) is 3.24. The number of rotatable bonds is 7. The molecule has 3 aromatic rings. The molecule has 2 heterocycles. The van der Waals surface area contributed by atoms with Gasteiger partial charge < -0.3 is 21.2 Å². The molecule has 3 rings (SSSR count). The molecule has 0 aliphatic heterocycles. The van der Waals surface area contributed by atoms with Crippen molar-refractivity contribution >= 4 is 34.4 Å². The second-order valence-electron chi connectivity index (χ2n) is 7.26. The van der Waals surface area contributed by atoms with Gasteiger partial charge in [0.25, 0.3) is 5.56 Å². The van der Waals surface area contributed by atoms with Crippen molar-refractivity contribution in [2.45, 2.75) is 18.7 Å². The Morgan fingerprint density at radius 1 is 1.31 bits per heavy atom. The van der Waals surface area contributed by atoms with E-state index in [0.717, 1.165) is 38.8 Å². The molecule has 1 atom stereocenters. The van der Waals surface area contributed by atoms with Crippen molar-refractivity contribution < 1.29 is 27.1 Å². The molecule has 0 aliphatic rings. The molecule has 0 fully saturated rings. The zero-order valence-electron chi connectivity index (χ0n) is 18.1. The summed E-state index contributed by atoms with van der Waals surface area (Å²) in [6, 6.07) is 2.82. The monoisotopic (exact) mass is 514 g/mol. The topological polar surface area (TPSA) is 145 Å². The van der Waals surface area contributed by atoms with Gasteiger partial charge in [-0.1, -0.05) is 0 Å². The molecule has 0 saturated carbocycles. The minimum Gasteiger partial charge on any atom is -0.403 e. The van der Waals surface area contributed by atoms with Crippen LogP contribution in [0.25, 0.3) is 11.3 Å². The summed E-state index contributed by atoms with van der Waals surface area (Å²) < 4.78 is 56.5. The summed E-state index contributed by atoms with van der Waals surface area (Å²) in [6.45, 7) is 0. The van der Waals surface area contributed by atoms with Crippen molar-refractivity contribution in [2.75, 3.05) is 11.1 Å². The Morgan fingerprint density at radius 2 is 2.00 bits per heavy atom. The van der Waals surface area contributed by atoms with Crippen LogP contribution >= 0.6 is 11.3 Å². The maximum atomic E-state index is 13.6. The van der Waals surface area contributed by atoms with E-state index in [4.69, 9.17) is 11.1 Å². The summed E-state index contributed by atoms with van der Waals surface area (Å²) in [5.74, 6) is -4.10. The first-order valence-corrected chi connectivity index (χ1v) is 10.6. The summed E-state index contributed by atoms with van der Waals surface area (Å²) in [6.07, 6.45) is -4.61. The molecule has 10 nitrogen and oxygen atoms in total. The fourth-order valence-electron chi connectivity index (χ4n) is 3.18. The first kappa shape index (κ1) is 25.6. The highest BCUT2D eigenvalue weighted by Crippen LogP contribution is 2.32. The number of hydrogen-bond donors (Lipinski definition) is 3. The lowest BCUT2D eigenvalue weighted by Gasteiger charge is -2.16. The second-order valence-corrected chi connectivity index (χ2v) is 8.12. The van der Waals surface area contributed by atoms with Crippen LogP contribution in [0, 0.1) is 11.2 Å². The lowest BCUT2D eigenvalue weighted by atomic mass is 9.98. The molecule has 15 heteroatoms. The van der Waals surface area contributed by atoms with Crippen LogP contribution in [0.1, 0.15) is 17.9 Å². The molecule has 1 amide bonds. The molecule has 1 aromatic carbocycles. The third kappa shape index (κ3) is 5.56. The van der Waals surface area contributed by atoms with Gasteiger partial charge in [0.1, 0.15) is 5.82 Å². The number of nitrogens with zero attached hydrogens (tertiary/aromatic N) is 3. The highest BCUT2D eigenvalue weighted by Gasteiger charge is 2.32. The van der Waals surface area contributed by atoms with Gasteiger partial charge in [-0.2, -0.15) is 0 Å². The molecule has 1 unspecified atom stereocenters. The van der Waals surface area contributed by atoms with E-state index in [2.05, 4.69) is 15.0 Å². The Morgan fingerprint density at radius 3 is 2.63 bits per heavy atom. The number of anilines is 2. The Kier molecular flexibility index (Phi) is 7.09. The van der Waals surface area contributed by atoms with E-state index in [-0.39, 0.29) is 34.2 Å². The number of thiazole rings is 1. The Labute approximate surface area is 198 Å². The maximum absolute atomic E-state index is 13.6. The number of ether oxygens (including phenoxy) is 1. The number of alkyl halides is 3. The third-order valence-corrected chi connectivity index (χ3v) is 5.68. The van der Waals surface area contributed by atoms with E-state index in [0.29, 0.717) is 0 Å². The second kappa shape index (κ2) is 9.69. The van der Waals surface area contributed by atoms with Crippen LogP contribution in [0.4, 0.5) is 28.5 Å². The number of aromatic nitrogens is 3. The largest absolute Gasteiger partial charge is 0.573 e. The molecule has 35 heavy (non-hydrogen) atoms. The highest BCUT2D eigenvalue weighted by atomic mass is 32.1. The van der Waals surface area contributed by atoms with Crippen LogP contribution in [-0.2, 0) is 18.9 Å². The summed E-state index contributed by atoms with van der Waals surface area (Å²) in [5.41, 5.74) is 4.65. The van der Waals surface area contributed by atoms with Gasteiger partial charge in [-0.05, 0) is 18.2 Å². The zero-order chi connectivity index (χ0) is 26.1. The van der Waals surface area contributed by atoms with Crippen LogP contribution < -0.4 is 27.0 Å². The molecular weight excluding hydrogens is 496 g/mol. The molecule has 0 radical (unpaired) electrons. The molecule has 0 spiro atoms. The van der Waals surface area contributed by atoms with Gasteiger partial charge in [0.15, 0.2) is 16.7 Å². The molecular formula is C20H18F4N6O4S. The van der Waals surface area contributed by atoms with Gasteiger partial charge in [0.2, 0.25) is 5.91 Å². The standard InChI is InChI=1S/C20H18F4N6O4S/c1-29-16(26)15(17(32)30(2)19(29)33)10(7-25)6-14(31)28-18-27-12(8-35-18)9-3-4-11(21)13(5-9)34-20(22,23)24/h3-5,7-8,10,25H,6,26H2,1-2H3,(H,27,28,31). The number of nitrogens with two attached hydrogens (primary N) is 1. The van der Waals surface area contributed by atoms with Gasteiger partial charge >= 0.3 is 12.1 Å². The number of nitrogens with one attached hydrogen (secondary N) is 2. The number of amides is 1. The fourth-order valence-corrected chi connectivity index (χ4v) is 3.91. The van der Waals surface area contributed by atoms with E-state index in [1.165, 1.54) is 25.5 Å². The molecule has 0 aliphatic carbocycles. The van der Waals surface area contributed by atoms with E-state index in [1.54, 1.807) is 0 Å². The van der Waals surface area contributed by atoms with E-state index < -0.39 is 41.0 Å². The van der Waals surface area contributed by atoms with Crippen molar-refractivity contribution in [3.8, 4) is 17.0 Å². The zero-order valence-corrected chi connectivity index (χ0v) is 19.0. The van der Waals surface area contributed by atoms with Gasteiger partial charge in [0.05, 0.1) is 11.3 Å². The number of carbonyl (C=O) groups is 1. The third-order valence-electron chi connectivity index (χ3n) is 4.93. The molecule has 2 aromatic heterocycles. The van der Waals surface area contributed by atoms with E-state index in [9.17, 15) is 31.9 Å². The van der Waals surface area contributed by atoms with Crippen molar-refractivity contribution in [1.29, 1.82) is 5.41 Å². The summed E-state index contributed by atoms with van der Waals surface area (Å²) >= 11 is 0.947. The smallest absolute Gasteiger partial charge is 0.403 e. The van der Waals surface area contributed by atoms with Crippen molar-refractivity contribution in [3.63, 3.8) is 0 Å². The fraction of sp³-hybridized carbons (Fsp3) is 0.250. The number of halogens is 4. The summed E-state index contributed by atoms with van der Waals surface area (Å²) in [4.78, 5) is 41.2. The molecule has 0 bridgehead atoms. The van der Waals surface area contributed by atoms with Crippen LogP contribution in [-0.4, -0.2) is 32.6 Å². The number of hydrogen-bond acceptors (Lipinski definition) is 8. The normalized spacial score (nSPS) is 12.3. The lowest BCUT2D eigenvalue weighted by molar-refractivity contribution is -0.275. The Balaban J connectivity index is 1.79. The molecule has 4 N–H and O–H groups in total. The average molecular weight is 514 g/mol. The molecule has 0 saturated heterocycles. The predicted octanol–water partition coefficient (Wildman–Crippen LogP) is 2.59. The predicted molar refractivity (Wildman–Crippen MR) is 120 cm³/mol. The number of benzene rings is 1. The number of carbonyl (C=O) groups excluding carboxylic acids is 1. The van der Waals surface area contributed by atoms with Crippen LogP contribution in [0.2, 0.25) is 0 Å². The molecule has 186 valence electrons. The first-order valence-electron chi connectivity index (χ1n) is 9.69.